The molecule has 2 aliphatic rings. The molecule has 0 N–H and O–H groups in total. The van der Waals surface area contributed by atoms with Crippen molar-refractivity contribution >= 4 is 5.91 Å². The summed E-state index contributed by atoms with van der Waals surface area (Å²) in [5.41, 5.74) is 3.90. The van der Waals surface area contributed by atoms with E-state index in [1.54, 1.807) is 0 Å². The van der Waals surface area contributed by atoms with Gasteiger partial charge in [0.1, 0.15) is 17.1 Å². The van der Waals surface area contributed by atoms with Crippen LogP contribution in [0, 0.1) is 0 Å². The summed E-state index contributed by atoms with van der Waals surface area (Å²) in [4.78, 5) is 26.9. The first-order valence-electron chi connectivity index (χ1n) is 10.4. The van der Waals surface area contributed by atoms with Crippen LogP contribution in [0.15, 0.2) is 10.7 Å². The van der Waals surface area contributed by atoms with Gasteiger partial charge in [-0.05, 0) is 26.3 Å². The van der Waals surface area contributed by atoms with E-state index >= 15 is 0 Å². The zero-order valence-electron chi connectivity index (χ0n) is 17.1. The molecule has 7 nitrogen and oxygen atoms in total. The second-order valence-electron chi connectivity index (χ2n) is 7.89. The molecule has 0 bridgehead atoms. The van der Waals surface area contributed by atoms with Crippen molar-refractivity contribution in [1.82, 2.24) is 24.9 Å². The number of piperidine rings is 1. The lowest BCUT2D eigenvalue weighted by atomic mass is 9.94. The van der Waals surface area contributed by atoms with Gasteiger partial charge < -0.3 is 14.3 Å². The van der Waals surface area contributed by atoms with E-state index in [9.17, 15) is 4.79 Å². The predicted octanol–water partition coefficient (Wildman–Crippen LogP) is 2.60. The number of hydrogen-bond acceptors (Lipinski definition) is 6. The minimum atomic E-state index is 0.0581. The van der Waals surface area contributed by atoms with Gasteiger partial charge in [-0.1, -0.05) is 19.0 Å². The summed E-state index contributed by atoms with van der Waals surface area (Å²) < 4.78 is 5.38. The van der Waals surface area contributed by atoms with Crippen LogP contribution >= 0.6 is 0 Å². The standard InChI is InChI=1S/C21H29N5O2/c1-4-16-19(18(5-2)28-24-16)21(27)26-10-6-14(7-11-26)20-22-12-15-13-25(3)9-8-17(15)23-20/h12,14H,4-11,13H2,1-3H3. The van der Waals surface area contributed by atoms with Crippen LogP contribution in [0.5, 0.6) is 0 Å². The van der Waals surface area contributed by atoms with Crippen molar-refractivity contribution in [2.24, 2.45) is 0 Å². The summed E-state index contributed by atoms with van der Waals surface area (Å²) in [6.45, 7) is 7.43. The molecule has 2 aromatic rings. The fourth-order valence-electron chi connectivity index (χ4n) is 4.26. The molecule has 0 aliphatic carbocycles. The summed E-state index contributed by atoms with van der Waals surface area (Å²) in [6.07, 6.45) is 6.19. The van der Waals surface area contributed by atoms with Crippen LogP contribution in [0.2, 0.25) is 0 Å². The molecule has 1 saturated heterocycles. The van der Waals surface area contributed by atoms with E-state index in [0.29, 0.717) is 30.1 Å². The SMILES string of the molecule is CCc1noc(CC)c1C(=O)N1CCC(c2ncc3c(n2)CCN(C)C3)CC1. The van der Waals surface area contributed by atoms with Crippen molar-refractivity contribution in [3.05, 3.63) is 40.3 Å². The van der Waals surface area contributed by atoms with Gasteiger partial charge in [0, 0.05) is 62.4 Å². The summed E-state index contributed by atoms with van der Waals surface area (Å²) >= 11 is 0. The largest absolute Gasteiger partial charge is 0.360 e. The van der Waals surface area contributed by atoms with Gasteiger partial charge in [0.25, 0.3) is 5.91 Å². The Morgan fingerprint density at radius 2 is 2.00 bits per heavy atom. The van der Waals surface area contributed by atoms with Gasteiger partial charge in [-0.3, -0.25) is 4.79 Å². The first-order chi connectivity index (χ1) is 13.6. The number of carbonyl (C=O) groups is 1. The van der Waals surface area contributed by atoms with E-state index in [1.807, 2.05) is 24.9 Å². The maximum Gasteiger partial charge on any atom is 0.259 e. The quantitative estimate of drug-likeness (QED) is 0.808. The minimum absolute atomic E-state index is 0.0581. The molecule has 150 valence electrons. The number of nitrogens with zero attached hydrogens (tertiary/aromatic N) is 5. The van der Waals surface area contributed by atoms with Gasteiger partial charge in [0.2, 0.25) is 0 Å². The zero-order valence-corrected chi connectivity index (χ0v) is 17.1. The lowest BCUT2D eigenvalue weighted by Crippen LogP contribution is -2.39. The third-order valence-corrected chi connectivity index (χ3v) is 5.99. The molecule has 0 saturated carbocycles. The first-order valence-corrected chi connectivity index (χ1v) is 10.4. The van der Waals surface area contributed by atoms with Crippen molar-refractivity contribution in [2.75, 3.05) is 26.7 Å². The summed E-state index contributed by atoms with van der Waals surface area (Å²) in [5.74, 6) is 2.03. The lowest BCUT2D eigenvalue weighted by molar-refractivity contribution is 0.0707. The molecule has 2 aliphatic heterocycles. The summed E-state index contributed by atoms with van der Waals surface area (Å²) in [6, 6.07) is 0. The smallest absolute Gasteiger partial charge is 0.259 e. The van der Waals surface area contributed by atoms with Gasteiger partial charge in [-0.15, -0.1) is 0 Å². The topological polar surface area (TPSA) is 75.4 Å². The fraction of sp³-hybridized carbons (Fsp3) is 0.619. The average molecular weight is 383 g/mol. The monoisotopic (exact) mass is 383 g/mol. The number of likely N-dealkylation sites (N-methyl/N-ethyl adjacent to an activating group) is 1. The Bertz CT molecular complexity index is 833. The molecular formula is C21H29N5O2. The van der Waals surface area contributed by atoms with E-state index in [-0.39, 0.29) is 5.91 Å². The van der Waals surface area contributed by atoms with E-state index in [0.717, 1.165) is 57.0 Å². The number of hydrogen-bond donors (Lipinski definition) is 0. The Labute approximate surface area is 166 Å². The molecule has 7 heteroatoms. The average Bonchev–Trinajstić information content (AvgIpc) is 3.16. The van der Waals surface area contributed by atoms with Gasteiger partial charge in [0.15, 0.2) is 0 Å². The predicted molar refractivity (Wildman–Crippen MR) is 105 cm³/mol. The fourth-order valence-corrected chi connectivity index (χ4v) is 4.26. The highest BCUT2D eigenvalue weighted by atomic mass is 16.5. The highest BCUT2D eigenvalue weighted by Gasteiger charge is 2.30. The number of aromatic nitrogens is 3. The highest BCUT2D eigenvalue weighted by Crippen LogP contribution is 2.29. The van der Waals surface area contributed by atoms with Gasteiger partial charge >= 0.3 is 0 Å². The molecule has 0 atom stereocenters. The van der Waals surface area contributed by atoms with Crippen LogP contribution in [0.3, 0.4) is 0 Å². The number of likely N-dealkylation sites (tertiary alicyclic amines) is 1. The van der Waals surface area contributed by atoms with E-state index < -0.39 is 0 Å². The van der Waals surface area contributed by atoms with Crippen LogP contribution in [0.25, 0.3) is 0 Å². The third-order valence-electron chi connectivity index (χ3n) is 5.99. The summed E-state index contributed by atoms with van der Waals surface area (Å²) in [5, 5.41) is 4.08. The van der Waals surface area contributed by atoms with E-state index in [4.69, 9.17) is 9.51 Å². The highest BCUT2D eigenvalue weighted by molar-refractivity contribution is 5.96. The van der Waals surface area contributed by atoms with Crippen molar-refractivity contribution in [2.45, 2.75) is 58.4 Å². The zero-order chi connectivity index (χ0) is 19.7. The molecule has 2 aromatic heterocycles. The molecule has 0 spiro atoms. The number of rotatable bonds is 4. The molecule has 0 radical (unpaired) electrons. The van der Waals surface area contributed by atoms with Crippen molar-refractivity contribution in [3.63, 3.8) is 0 Å². The number of aryl methyl sites for hydroxylation is 2. The van der Waals surface area contributed by atoms with Gasteiger partial charge in [0.05, 0.1) is 5.69 Å². The molecular weight excluding hydrogens is 354 g/mol. The molecule has 0 aromatic carbocycles. The third kappa shape index (κ3) is 3.55. The summed E-state index contributed by atoms with van der Waals surface area (Å²) in [7, 11) is 2.13. The van der Waals surface area contributed by atoms with Crippen LogP contribution in [0.4, 0.5) is 0 Å². The normalized spacial score (nSPS) is 18.3. The minimum Gasteiger partial charge on any atom is -0.360 e. The van der Waals surface area contributed by atoms with Crippen molar-refractivity contribution in [3.8, 4) is 0 Å². The van der Waals surface area contributed by atoms with Gasteiger partial charge in [-0.2, -0.15) is 0 Å². The maximum atomic E-state index is 13.1. The molecule has 4 rings (SSSR count). The number of carbonyl (C=O) groups excluding carboxylic acids is 1. The van der Waals surface area contributed by atoms with E-state index in [1.165, 1.54) is 11.3 Å². The Balaban J connectivity index is 1.44. The van der Waals surface area contributed by atoms with Crippen molar-refractivity contribution in [1.29, 1.82) is 0 Å². The molecule has 4 heterocycles. The molecule has 1 amide bonds. The Morgan fingerprint density at radius 3 is 2.71 bits per heavy atom. The van der Waals surface area contributed by atoms with E-state index in [2.05, 4.69) is 22.1 Å². The first kappa shape index (κ1) is 19.1. The van der Waals surface area contributed by atoms with Crippen LogP contribution in [-0.2, 0) is 25.8 Å². The number of fused-ring (bicyclic) bond motifs is 1. The molecule has 1 fully saturated rings. The van der Waals surface area contributed by atoms with Crippen molar-refractivity contribution < 1.29 is 9.32 Å². The molecule has 28 heavy (non-hydrogen) atoms. The second-order valence-corrected chi connectivity index (χ2v) is 7.89. The maximum absolute atomic E-state index is 13.1. The Kier molecular flexibility index (Phi) is 5.44. The van der Waals surface area contributed by atoms with Crippen LogP contribution in [-0.4, -0.2) is 57.5 Å². The Hall–Kier alpha value is -2.28. The molecule has 0 unspecified atom stereocenters. The van der Waals surface area contributed by atoms with Crippen LogP contribution in [0.1, 0.15) is 71.5 Å². The second kappa shape index (κ2) is 7.99. The number of amides is 1. The van der Waals surface area contributed by atoms with Crippen LogP contribution < -0.4 is 0 Å². The van der Waals surface area contributed by atoms with Gasteiger partial charge in [-0.25, -0.2) is 9.97 Å². The Morgan fingerprint density at radius 1 is 1.21 bits per heavy atom. The lowest BCUT2D eigenvalue weighted by Gasteiger charge is -2.32.